The lowest BCUT2D eigenvalue weighted by molar-refractivity contribution is -0.147. The largest absolute Gasteiger partial charge is 0.473 e. The maximum absolute atomic E-state index is 11.4. The van der Waals surface area contributed by atoms with Crippen molar-refractivity contribution >= 4 is 23.3 Å². The first kappa shape index (κ1) is 13.9. The molecule has 0 radical (unpaired) electrons. The molecule has 0 bridgehead atoms. The second kappa shape index (κ2) is 6.10. The average Bonchev–Trinajstić information content (AvgIpc) is 2.42. The van der Waals surface area contributed by atoms with E-state index in [1.807, 2.05) is 0 Å². The smallest absolute Gasteiger partial charge is 0.308 e. The molecule has 1 aliphatic rings. The van der Waals surface area contributed by atoms with Crippen molar-refractivity contribution in [1.29, 1.82) is 0 Å². The highest BCUT2D eigenvalue weighted by molar-refractivity contribution is 6.32. The number of aromatic nitrogens is 1. The lowest BCUT2D eigenvalue weighted by Crippen LogP contribution is -2.28. The van der Waals surface area contributed by atoms with E-state index in [0.717, 1.165) is 25.7 Å². The van der Waals surface area contributed by atoms with Crippen LogP contribution in [0.1, 0.15) is 25.7 Å². The van der Waals surface area contributed by atoms with Gasteiger partial charge in [-0.25, -0.2) is 4.98 Å². The van der Waals surface area contributed by atoms with Gasteiger partial charge in [0.1, 0.15) is 11.1 Å². The number of ether oxygens (including phenoxy) is 2. The first-order chi connectivity index (χ1) is 9.10. The molecule has 0 aromatic carbocycles. The van der Waals surface area contributed by atoms with Gasteiger partial charge in [0.05, 0.1) is 24.9 Å². The van der Waals surface area contributed by atoms with Crippen LogP contribution in [0.3, 0.4) is 0 Å². The van der Waals surface area contributed by atoms with Gasteiger partial charge in [0.2, 0.25) is 5.88 Å². The second-order valence-electron chi connectivity index (χ2n) is 4.67. The van der Waals surface area contributed by atoms with Gasteiger partial charge in [-0.15, -0.1) is 0 Å². The van der Waals surface area contributed by atoms with Crippen molar-refractivity contribution in [2.24, 2.45) is 5.92 Å². The van der Waals surface area contributed by atoms with Crippen molar-refractivity contribution in [3.05, 3.63) is 17.3 Å². The molecule has 1 aliphatic carbocycles. The summed E-state index contributed by atoms with van der Waals surface area (Å²) in [5.41, 5.74) is 6.08. The molecule has 1 fully saturated rings. The number of nitrogens with zero attached hydrogens (tertiary/aromatic N) is 1. The van der Waals surface area contributed by atoms with E-state index in [9.17, 15) is 4.79 Å². The van der Waals surface area contributed by atoms with Crippen LogP contribution in [0.15, 0.2) is 12.3 Å². The number of rotatable bonds is 3. The van der Waals surface area contributed by atoms with Crippen LogP contribution in [0, 0.1) is 5.92 Å². The summed E-state index contributed by atoms with van der Waals surface area (Å²) in [6.07, 6.45) is 4.67. The van der Waals surface area contributed by atoms with Gasteiger partial charge >= 0.3 is 5.97 Å². The van der Waals surface area contributed by atoms with Crippen LogP contribution in [0.5, 0.6) is 5.88 Å². The van der Waals surface area contributed by atoms with Crippen LogP contribution in [0.25, 0.3) is 0 Å². The Morgan fingerprint density at radius 3 is 2.68 bits per heavy atom. The summed E-state index contributed by atoms with van der Waals surface area (Å²) in [5.74, 6) is 0.249. The number of nitrogen functional groups attached to an aromatic ring is 1. The Kier molecular flexibility index (Phi) is 4.47. The molecule has 1 heterocycles. The van der Waals surface area contributed by atoms with Gasteiger partial charge < -0.3 is 15.2 Å². The normalized spacial score (nSPS) is 22.8. The second-order valence-corrected chi connectivity index (χ2v) is 5.08. The van der Waals surface area contributed by atoms with Crippen molar-refractivity contribution in [2.45, 2.75) is 31.8 Å². The van der Waals surface area contributed by atoms with E-state index in [1.54, 1.807) is 6.07 Å². The molecule has 1 saturated carbocycles. The Morgan fingerprint density at radius 1 is 1.42 bits per heavy atom. The highest BCUT2D eigenvalue weighted by atomic mass is 35.5. The molecule has 0 atom stereocenters. The predicted octanol–water partition coefficient (Wildman–Crippen LogP) is 2.43. The van der Waals surface area contributed by atoms with Crippen LogP contribution in [0.4, 0.5) is 5.69 Å². The minimum Gasteiger partial charge on any atom is -0.473 e. The van der Waals surface area contributed by atoms with Crippen molar-refractivity contribution in [2.75, 3.05) is 12.8 Å². The van der Waals surface area contributed by atoms with Crippen LogP contribution in [0.2, 0.25) is 5.02 Å². The number of esters is 1. The topological polar surface area (TPSA) is 74.4 Å². The molecule has 0 spiro atoms. The van der Waals surface area contributed by atoms with Gasteiger partial charge in [0, 0.05) is 0 Å². The Balaban J connectivity index is 1.90. The van der Waals surface area contributed by atoms with Crippen LogP contribution >= 0.6 is 11.6 Å². The van der Waals surface area contributed by atoms with E-state index >= 15 is 0 Å². The van der Waals surface area contributed by atoms with E-state index in [-0.39, 0.29) is 18.0 Å². The molecule has 0 unspecified atom stereocenters. The molecule has 6 heteroatoms. The minimum atomic E-state index is -0.137. The zero-order chi connectivity index (χ0) is 13.8. The molecular weight excluding hydrogens is 268 g/mol. The molecule has 2 N–H and O–H groups in total. The van der Waals surface area contributed by atoms with Gasteiger partial charge in [-0.3, -0.25) is 4.79 Å². The molecule has 1 aromatic rings. The number of pyridine rings is 1. The Labute approximate surface area is 117 Å². The van der Waals surface area contributed by atoms with Gasteiger partial charge in [-0.1, -0.05) is 11.6 Å². The molecule has 0 saturated heterocycles. The van der Waals surface area contributed by atoms with E-state index in [2.05, 4.69) is 4.98 Å². The van der Waals surface area contributed by atoms with E-state index in [4.69, 9.17) is 26.8 Å². The number of carbonyl (C=O) groups excluding carboxylic acids is 1. The summed E-state index contributed by atoms with van der Waals surface area (Å²) in [5, 5.41) is 0.412. The Bertz CT molecular complexity index is 459. The fourth-order valence-electron chi connectivity index (χ4n) is 2.27. The molecule has 0 amide bonds. The average molecular weight is 285 g/mol. The third-order valence-electron chi connectivity index (χ3n) is 3.32. The third-order valence-corrected chi connectivity index (χ3v) is 3.59. The monoisotopic (exact) mass is 284 g/mol. The zero-order valence-electron chi connectivity index (χ0n) is 10.8. The quantitative estimate of drug-likeness (QED) is 0.863. The molecule has 0 aliphatic heterocycles. The van der Waals surface area contributed by atoms with Crippen LogP contribution < -0.4 is 10.5 Å². The lowest BCUT2D eigenvalue weighted by atomic mass is 9.87. The highest BCUT2D eigenvalue weighted by Gasteiger charge is 2.28. The zero-order valence-corrected chi connectivity index (χ0v) is 11.5. The fraction of sp³-hybridized carbons (Fsp3) is 0.538. The summed E-state index contributed by atoms with van der Waals surface area (Å²) in [7, 11) is 1.42. The number of halogens is 1. The van der Waals surface area contributed by atoms with Gasteiger partial charge in [0.25, 0.3) is 0 Å². The number of hydrogen-bond acceptors (Lipinski definition) is 5. The molecule has 19 heavy (non-hydrogen) atoms. The molecular formula is C13H17ClN2O3. The summed E-state index contributed by atoms with van der Waals surface area (Å²) in [4.78, 5) is 15.5. The standard InChI is InChI=1S/C13H17ClN2O3/c1-18-13(17)8-2-4-10(5-3-8)19-12-11(14)6-9(15)7-16-12/h6-8,10H,2-5,15H2,1H3/t8-,10-. The van der Waals surface area contributed by atoms with Crippen molar-refractivity contribution < 1.29 is 14.3 Å². The summed E-state index contributed by atoms with van der Waals surface area (Å²) >= 11 is 6.01. The summed E-state index contributed by atoms with van der Waals surface area (Å²) in [6.45, 7) is 0. The predicted molar refractivity (Wildman–Crippen MR) is 72.0 cm³/mol. The fourth-order valence-corrected chi connectivity index (χ4v) is 2.49. The number of carbonyl (C=O) groups is 1. The summed E-state index contributed by atoms with van der Waals surface area (Å²) in [6, 6.07) is 1.62. The van der Waals surface area contributed by atoms with Crippen molar-refractivity contribution in [1.82, 2.24) is 4.98 Å². The van der Waals surface area contributed by atoms with Gasteiger partial charge in [0.15, 0.2) is 0 Å². The number of methoxy groups -OCH3 is 1. The van der Waals surface area contributed by atoms with E-state index in [1.165, 1.54) is 13.3 Å². The maximum Gasteiger partial charge on any atom is 0.308 e. The Hall–Kier alpha value is -1.49. The highest BCUT2D eigenvalue weighted by Crippen LogP contribution is 2.30. The van der Waals surface area contributed by atoms with E-state index in [0.29, 0.717) is 16.6 Å². The minimum absolute atomic E-state index is 0.0142. The first-order valence-electron chi connectivity index (χ1n) is 6.25. The Morgan fingerprint density at radius 2 is 2.11 bits per heavy atom. The van der Waals surface area contributed by atoms with Crippen molar-refractivity contribution in [3.63, 3.8) is 0 Å². The van der Waals surface area contributed by atoms with Crippen LogP contribution in [-0.2, 0) is 9.53 Å². The number of nitrogens with two attached hydrogens (primary N) is 1. The van der Waals surface area contributed by atoms with Gasteiger partial charge in [-0.2, -0.15) is 0 Å². The summed E-state index contributed by atoms with van der Waals surface area (Å²) < 4.78 is 10.5. The maximum atomic E-state index is 11.4. The molecule has 5 nitrogen and oxygen atoms in total. The molecule has 1 aromatic heterocycles. The number of hydrogen-bond donors (Lipinski definition) is 1. The lowest BCUT2D eigenvalue weighted by Gasteiger charge is -2.27. The van der Waals surface area contributed by atoms with Gasteiger partial charge in [-0.05, 0) is 31.7 Å². The van der Waals surface area contributed by atoms with Crippen LogP contribution in [-0.4, -0.2) is 24.2 Å². The van der Waals surface area contributed by atoms with Crippen molar-refractivity contribution in [3.8, 4) is 5.88 Å². The first-order valence-corrected chi connectivity index (χ1v) is 6.63. The molecule has 2 rings (SSSR count). The third kappa shape index (κ3) is 3.50. The number of anilines is 1. The SMILES string of the molecule is COC(=O)[C@H]1CC[C@H](Oc2ncc(N)cc2Cl)CC1. The molecule has 104 valence electrons. The van der Waals surface area contributed by atoms with E-state index < -0.39 is 0 Å².